The van der Waals surface area contributed by atoms with E-state index in [-0.39, 0.29) is 38.2 Å². The maximum atomic E-state index is 13.9. The van der Waals surface area contributed by atoms with E-state index in [1.165, 1.54) is 4.90 Å². The van der Waals surface area contributed by atoms with Crippen LogP contribution in [-0.4, -0.2) is 53.5 Å². The van der Waals surface area contributed by atoms with E-state index < -0.39 is 40.5 Å². The van der Waals surface area contributed by atoms with Crippen molar-refractivity contribution in [3.05, 3.63) is 70.9 Å². The molecule has 3 aromatic rings. The lowest BCUT2D eigenvalue weighted by molar-refractivity contribution is -0.144. The summed E-state index contributed by atoms with van der Waals surface area (Å²) in [6.45, 7) is 2.60. The van der Waals surface area contributed by atoms with E-state index in [1.807, 2.05) is 24.3 Å². The number of hydrogen-bond donors (Lipinski definition) is 2. The van der Waals surface area contributed by atoms with Crippen molar-refractivity contribution in [1.82, 2.24) is 15.2 Å². The van der Waals surface area contributed by atoms with Crippen molar-refractivity contribution in [2.45, 2.75) is 56.9 Å². The van der Waals surface area contributed by atoms with Gasteiger partial charge in [-0.05, 0) is 56.0 Å². The predicted molar refractivity (Wildman–Crippen MR) is 140 cm³/mol. The number of benzene rings is 2. The Labute approximate surface area is 233 Å². The van der Waals surface area contributed by atoms with Gasteiger partial charge in [-0.3, -0.25) is 9.59 Å². The van der Waals surface area contributed by atoms with Crippen LogP contribution in [0.5, 0.6) is 0 Å². The first kappa shape index (κ1) is 30.4. The van der Waals surface area contributed by atoms with Crippen LogP contribution in [0.1, 0.15) is 59.7 Å². The molecular formula is C29H31F6N3O3. The maximum Gasteiger partial charge on any atom is 0.416 e. The maximum absolute atomic E-state index is 13.9. The molecular weight excluding hydrogens is 552 g/mol. The van der Waals surface area contributed by atoms with Crippen LogP contribution in [0.3, 0.4) is 0 Å². The summed E-state index contributed by atoms with van der Waals surface area (Å²) in [6.07, 6.45) is -6.63. The number of nitrogens with one attached hydrogen (secondary N) is 2. The van der Waals surface area contributed by atoms with Gasteiger partial charge in [-0.25, -0.2) is 0 Å². The first-order chi connectivity index (χ1) is 19.3. The smallest absolute Gasteiger partial charge is 0.416 e. The molecule has 0 aliphatic carbocycles. The molecule has 0 bridgehead atoms. The van der Waals surface area contributed by atoms with Gasteiger partial charge in [0.05, 0.1) is 23.3 Å². The van der Waals surface area contributed by atoms with E-state index in [2.05, 4.69) is 10.3 Å². The van der Waals surface area contributed by atoms with Gasteiger partial charge in [0.15, 0.2) is 0 Å². The number of esters is 1. The van der Waals surface area contributed by atoms with Gasteiger partial charge in [0, 0.05) is 48.7 Å². The minimum absolute atomic E-state index is 0.0170. The van der Waals surface area contributed by atoms with Crippen molar-refractivity contribution in [2.75, 3.05) is 26.2 Å². The highest BCUT2D eigenvalue weighted by atomic mass is 19.4. The third-order valence-corrected chi connectivity index (χ3v) is 7.39. The van der Waals surface area contributed by atoms with Gasteiger partial charge in [-0.1, -0.05) is 24.6 Å². The van der Waals surface area contributed by atoms with Crippen molar-refractivity contribution < 1.29 is 40.7 Å². The number of amides is 1. The number of aromatic nitrogens is 1. The molecule has 12 heteroatoms. The number of para-hydroxylation sites is 1. The second-order valence-electron chi connectivity index (χ2n) is 10.2. The van der Waals surface area contributed by atoms with Crippen LogP contribution in [-0.2, 0) is 28.3 Å². The second kappa shape index (κ2) is 12.1. The van der Waals surface area contributed by atoms with Crippen LogP contribution < -0.4 is 5.32 Å². The number of alkyl halides is 6. The van der Waals surface area contributed by atoms with Crippen LogP contribution in [0.2, 0.25) is 0 Å². The third-order valence-electron chi connectivity index (χ3n) is 7.39. The molecule has 0 spiro atoms. The SMILES string of the molecule is CCOC(=O)CCCCC1(Cc2c[nH]c3ccccc23)CNCCN1C(=O)c1cc(C(F)(F)F)cc(C(F)(F)F)c1. The number of carbonyl (C=O) groups excluding carboxylic acids is 2. The Bertz CT molecular complexity index is 1350. The number of ether oxygens (including phenoxy) is 1. The first-order valence-electron chi connectivity index (χ1n) is 13.4. The van der Waals surface area contributed by atoms with E-state index in [9.17, 15) is 35.9 Å². The molecule has 1 atom stereocenters. The van der Waals surface area contributed by atoms with Gasteiger partial charge >= 0.3 is 18.3 Å². The number of piperazine rings is 1. The Morgan fingerprint density at radius 3 is 2.34 bits per heavy atom. The summed E-state index contributed by atoms with van der Waals surface area (Å²) in [4.78, 5) is 30.3. The second-order valence-corrected chi connectivity index (χ2v) is 10.2. The van der Waals surface area contributed by atoms with E-state index in [1.54, 1.807) is 13.1 Å². The van der Waals surface area contributed by atoms with Crippen LogP contribution in [0, 0.1) is 0 Å². The number of carbonyl (C=O) groups is 2. The largest absolute Gasteiger partial charge is 0.466 e. The number of nitrogens with zero attached hydrogens (tertiary/aromatic N) is 1. The van der Waals surface area contributed by atoms with Crippen molar-refractivity contribution in [2.24, 2.45) is 0 Å². The average Bonchev–Trinajstić information content (AvgIpc) is 3.32. The van der Waals surface area contributed by atoms with Gasteiger partial charge in [-0.2, -0.15) is 26.3 Å². The van der Waals surface area contributed by atoms with Gasteiger partial charge in [0.1, 0.15) is 0 Å². The minimum Gasteiger partial charge on any atom is -0.466 e. The zero-order chi connectivity index (χ0) is 29.8. The Morgan fingerprint density at radius 2 is 1.68 bits per heavy atom. The summed E-state index contributed by atoms with van der Waals surface area (Å²) < 4.78 is 86.4. The molecule has 0 saturated carbocycles. The standard InChI is InChI=1S/C29H31F6N3O3/c1-2-41-25(39)9-5-6-10-27(16-20-17-37-24-8-4-3-7-23(20)24)18-36-11-12-38(27)26(40)19-13-21(28(30,31)32)15-22(14-19)29(33,34)35/h3-4,7-8,13-15,17,36-37H,2,5-6,9-12,16,18H2,1H3. The lowest BCUT2D eigenvalue weighted by Gasteiger charge is -2.48. The van der Waals surface area contributed by atoms with Gasteiger partial charge in [0.2, 0.25) is 0 Å². The highest BCUT2D eigenvalue weighted by molar-refractivity contribution is 5.95. The molecule has 1 unspecified atom stereocenters. The normalized spacial score (nSPS) is 18.1. The molecule has 4 rings (SSSR count). The zero-order valence-corrected chi connectivity index (χ0v) is 22.4. The third kappa shape index (κ3) is 7.03. The van der Waals surface area contributed by atoms with E-state index in [0.29, 0.717) is 44.4 Å². The summed E-state index contributed by atoms with van der Waals surface area (Å²) >= 11 is 0. The van der Waals surface area contributed by atoms with Gasteiger partial charge in [0.25, 0.3) is 5.91 Å². The fraction of sp³-hybridized carbons (Fsp3) is 0.448. The highest BCUT2D eigenvalue weighted by Gasteiger charge is 2.44. The molecule has 0 radical (unpaired) electrons. The molecule has 2 N–H and O–H groups in total. The molecule has 2 aromatic carbocycles. The molecule has 1 aromatic heterocycles. The summed E-state index contributed by atoms with van der Waals surface area (Å²) in [7, 11) is 0. The Hall–Kier alpha value is -3.54. The van der Waals surface area contributed by atoms with Gasteiger partial charge in [-0.15, -0.1) is 0 Å². The first-order valence-corrected chi connectivity index (χ1v) is 13.4. The van der Waals surface area contributed by atoms with E-state index >= 15 is 0 Å². The van der Waals surface area contributed by atoms with Gasteiger partial charge < -0.3 is 19.9 Å². The summed E-state index contributed by atoms with van der Waals surface area (Å²) in [5.74, 6) is -1.27. The van der Waals surface area contributed by atoms with E-state index in [0.717, 1.165) is 16.5 Å². The molecule has 41 heavy (non-hydrogen) atoms. The van der Waals surface area contributed by atoms with Crippen molar-refractivity contribution >= 4 is 22.8 Å². The van der Waals surface area contributed by atoms with Crippen LogP contribution in [0.15, 0.2) is 48.7 Å². The molecule has 6 nitrogen and oxygen atoms in total. The number of aromatic amines is 1. The van der Waals surface area contributed by atoms with E-state index in [4.69, 9.17) is 4.74 Å². The topological polar surface area (TPSA) is 74.4 Å². The predicted octanol–water partition coefficient (Wildman–Crippen LogP) is 6.36. The van der Waals surface area contributed by atoms with Crippen molar-refractivity contribution in [1.29, 1.82) is 0 Å². The van der Waals surface area contributed by atoms with Crippen molar-refractivity contribution in [3.63, 3.8) is 0 Å². The van der Waals surface area contributed by atoms with Crippen LogP contribution in [0.4, 0.5) is 26.3 Å². The monoisotopic (exact) mass is 583 g/mol. The Kier molecular flexibility index (Phi) is 9.00. The summed E-state index contributed by atoms with van der Waals surface area (Å²) in [5.41, 5.74) is -3.03. The molecule has 222 valence electrons. The zero-order valence-electron chi connectivity index (χ0n) is 22.4. The average molecular weight is 584 g/mol. The minimum atomic E-state index is -5.08. The fourth-order valence-corrected chi connectivity index (χ4v) is 5.45. The Balaban J connectivity index is 1.73. The molecule has 1 fully saturated rings. The lowest BCUT2D eigenvalue weighted by Crippen LogP contribution is -2.64. The number of halogens is 6. The number of unbranched alkanes of at least 4 members (excludes halogenated alkanes) is 1. The molecule has 1 amide bonds. The fourth-order valence-electron chi connectivity index (χ4n) is 5.45. The summed E-state index contributed by atoms with van der Waals surface area (Å²) in [6, 6.07) is 8.48. The van der Waals surface area contributed by atoms with Crippen molar-refractivity contribution in [3.8, 4) is 0 Å². The summed E-state index contributed by atoms with van der Waals surface area (Å²) in [5, 5.41) is 4.16. The highest BCUT2D eigenvalue weighted by Crippen LogP contribution is 2.38. The molecule has 1 saturated heterocycles. The van der Waals surface area contributed by atoms with Crippen LogP contribution in [0.25, 0.3) is 10.9 Å². The quantitative estimate of drug-likeness (QED) is 0.175. The Morgan fingerprint density at radius 1 is 1.00 bits per heavy atom. The number of H-pyrrole nitrogens is 1. The number of fused-ring (bicyclic) bond motifs is 1. The molecule has 1 aliphatic rings. The number of rotatable bonds is 9. The number of hydrogen-bond acceptors (Lipinski definition) is 4. The molecule has 2 heterocycles. The molecule has 1 aliphatic heterocycles. The lowest BCUT2D eigenvalue weighted by atomic mass is 9.81. The van der Waals surface area contributed by atoms with Crippen LogP contribution >= 0.6 is 0 Å².